The average Bonchev–Trinajstić information content (AvgIpc) is 2.10. The second-order valence-corrected chi connectivity index (χ2v) is 5.83. The first-order chi connectivity index (χ1) is 7.76. The molecule has 0 saturated heterocycles. The Morgan fingerprint density at radius 1 is 1.47 bits per heavy atom. The first-order valence-electron chi connectivity index (χ1n) is 5.12. The van der Waals surface area contributed by atoms with E-state index < -0.39 is 5.60 Å². The molecular formula is C11H15ClN2O2S. The van der Waals surface area contributed by atoms with Crippen LogP contribution in [-0.2, 0) is 9.53 Å². The van der Waals surface area contributed by atoms with E-state index in [-0.39, 0.29) is 11.7 Å². The molecule has 0 radical (unpaired) electrons. The van der Waals surface area contributed by atoms with Gasteiger partial charge in [-0.3, -0.25) is 4.79 Å². The molecule has 0 spiro atoms. The number of thioether (sulfide) groups is 1. The summed E-state index contributed by atoms with van der Waals surface area (Å²) in [5.41, 5.74) is -0.461. The van der Waals surface area contributed by atoms with Gasteiger partial charge in [0.2, 0.25) is 0 Å². The highest BCUT2D eigenvalue weighted by molar-refractivity contribution is 7.99. The van der Waals surface area contributed by atoms with Gasteiger partial charge in [0, 0.05) is 6.07 Å². The van der Waals surface area contributed by atoms with Gasteiger partial charge in [0.15, 0.2) is 0 Å². The number of ether oxygens (including phenoxy) is 1. The Kier molecular flexibility index (Phi) is 4.77. The lowest BCUT2D eigenvalue weighted by atomic mass is 10.2. The van der Waals surface area contributed by atoms with Crippen molar-refractivity contribution in [3.8, 4) is 0 Å². The summed E-state index contributed by atoms with van der Waals surface area (Å²) in [4.78, 5) is 19.6. The topological polar surface area (TPSA) is 52.1 Å². The maximum Gasteiger partial charge on any atom is 0.316 e. The van der Waals surface area contributed by atoms with Gasteiger partial charge >= 0.3 is 5.97 Å². The van der Waals surface area contributed by atoms with Gasteiger partial charge in [-0.2, -0.15) is 0 Å². The van der Waals surface area contributed by atoms with E-state index in [2.05, 4.69) is 9.97 Å². The zero-order chi connectivity index (χ0) is 13.1. The number of rotatable bonds is 3. The molecule has 0 saturated carbocycles. The Morgan fingerprint density at radius 3 is 2.65 bits per heavy atom. The number of carbonyl (C=O) groups is 1. The monoisotopic (exact) mass is 274 g/mol. The highest BCUT2D eigenvalue weighted by Crippen LogP contribution is 2.19. The molecule has 17 heavy (non-hydrogen) atoms. The van der Waals surface area contributed by atoms with Crippen molar-refractivity contribution in [1.82, 2.24) is 9.97 Å². The fourth-order valence-electron chi connectivity index (χ4n) is 1.08. The van der Waals surface area contributed by atoms with Crippen molar-refractivity contribution in [3.63, 3.8) is 0 Å². The molecule has 0 atom stereocenters. The minimum atomic E-state index is -0.461. The third-order valence-corrected chi connectivity index (χ3v) is 2.62. The van der Waals surface area contributed by atoms with Crippen molar-refractivity contribution >= 4 is 29.3 Å². The maximum atomic E-state index is 11.5. The molecule has 0 N–H and O–H groups in total. The van der Waals surface area contributed by atoms with Crippen LogP contribution in [0.3, 0.4) is 0 Å². The van der Waals surface area contributed by atoms with E-state index in [1.807, 2.05) is 20.8 Å². The van der Waals surface area contributed by atoms with Gasteiger partial charge < -0.3 is 4.74 Å². The molecule has 0 fully saturated rings. The number of halogens is 1. The third-order valence-electron chi connectivity index (χ3n) is 1.54. The van der Waals surface area contributed by atoms with Crippen LogP contribution < -0.4 is 0 Å². The number of hydrogen-bond donors (Lipinski definition) is 0. The van der Waals surface area contributed by atoms with Crippen molar-refractivity contribution in [2.24, 2.45) is 0 Å². The first-order valence-corrected chi connectivity index (χ1v) is 6.48. The largest absolute Gasteiger partial charge is 0.459 e. The van der Waals surface area contributed by atoms with E-state index in [1.54, 1.807) is 13.0 Å². The van der Waals surface area contributed by atoms with Crippen molar-refractivity contribution in [2.45, 2.75) is 38.3 Å². The van der Waals surface area contributed by atoms with Gasteiger partial charge in [-0.25, -0.2) is 9.97 Å². The molecule has 0 aromatic carbocycles. The molecule has 0 aliphatic heterocycles. The number of aryl methyl sites for hydroxylation is 1. The predicted octanol–water partition coefficient (Wildman–Crippen LogP) is 2.87. The molecule has 1 rings (SSSR count). The van der Waals surface area contributed by atoms with E-state index in [1.165, 1.54) is 11.8 Å². The molecule has 1 aromatic rings. The fraction of sp³-hybridized carbons (Fsp3) is 0.545. The van der Waals surface area contributed by atoms with Gasteiger partial charge in [0.05, 0.1) is 5.75 Å². The number of carbonyl (C=O) groups excluding carboxylic acids is 1. The molecule has 1 aromatic heterocycles. The Balaban J connectivity index is 2.53. The first kappa shape index (κ1) is 14.3. The van der Waals surface area contributed by atoms with Crippen molar-refractivity contribution in [3.05, 3.63) is 17.0 Å². The van der Waals surface area contributed by atoms with Crippen LogP contribution in [0.25, 0.3) is 0 Å². The molecule has 0 aliphatic carbocycles. The van der Waals surface area contributed by atoms with Crippen LogP contribution in [0.2, 0.25) is 5.15 Å². The zero-order valence-electron chi connectivity index (χ0n) is 10.3. The number of aromatic nitrogens is 2. The highest BCUT2D eigenvalue weighted by atomic mass is 35.5. The van der Waals surface area contributed by atoms with Crippen LogP contribution >= 0.6 is 23.4 Å². The summed E-state index contributed by atoms with van der Waals surface area (Å²) in [5.74, 6) is 0.531. The van der Waals surface area contributed by atoms with Crippen molar-refractivity contribution in [1.29, 1.82) is 0 Å². The van der Waals surface area contributed by atoms with E-state index in [4.69, 9.17) is 16.3 Å². The second-order valence-electron chi connectivity index (χ2n) is 4.45. The molecule has 0 amide bonds. The van der Waals surface area contributed by atoms with E-state index in [9.17, 15) is 4.79 Å². The van der Waals surface area contributed by atoms with Gasteiger partial charge in [0.25, 0.3) is 0 Å². The van der Waals surface area contributed by atoms with Crippen LogP contribution in [0.1, 0.15) is 26.6 Å². The van der Waals surface area contributed by atoms with Crippen molar-refractivity contribution in [2.75, 3.05) is 5.75 Å². The summed E-state index contributed by atoms with van der Waals surface area (Å²) in [6, 6.07) is 1.63. The summed E-state index contributed by atoms with van der Waals surface area (Å²) >= 11 is 7.08. The fourth-order valence-corrected chi connectivity index (χ4v) is 2.09. The predicted molar refractivity (Wildman–Crippen MR) is 68.3 cm³/mol. The van der Waals surface area contributed by atoms with Gasteiger partial charge in [-0.05, 0) is 27.7 Å². The summed E-state index contributed by atoms with van der Waals surface area (Å²) in [7, 11) is 0. The van der Waals surface area contributed by atoms with Gasteiger partial charge in [-0.15, -0.1) is 0 Å². The molecular weight excluding hydrogens is 260 g/mol. The Morgan fingerprint density at radius 2 is 2.12 bits per heavy atom. The number of nitrogens with zero attached hydrogens (tertiary/aromatic N) is 2. The van der Waals surface area contributed by atoms with Crippen LogP contribution in [0.4, 0.5) is 0 Å². The Hall–Kier alpha value is -0.810. The van der Waals surface area contributed by atoms with Gasteiger partial charge in [0.1, 0.15) is 21.6 Å². The molecule has 0 aliphatic rings. The van der Waals surface area contributed by atoms with Crippen LogP contribution in [-0.4, -0.2) is 27.3 Å². The zero-order valence-corrected chi connectivity index (χ0v) is 11.9. The second kappa shape index (κ2) is 5.69. The molecule has 94 valence electrons. The lowest BCUT2D eigenvalue weighted by molar-refractivity contribution is -0.151. The summed E-state index contributed by atoms with van der Waals surface area (Å²) < 4.78 is 5.18. The standard InChI is InChI=1S/C11H15ClN2O2S/c1-7-13-8(12)5-9(14-7)17-6-10(15)16-11(2,3)4/h5H,6H2,1-4H3. The third kappa shape index (κ3) is 5.89. The van der Waals surface area contributed by atoms with E-state index in [0.717, 1.165) is 0 Å². The van der Waals surface area contributed by atoms with E-state index in [0.29, 0.717) is 16.0 Å². The van der Waals surface area contributed by atoms with Crippen LogP contribution in [0.5, 0.6) is 0 Å². The number of hydrogen-bond acceptors (Lipinski definition) is 5. The molecule has 0 unspecified atom stereocenters. The smallest absolute Gasteiger partial charge is 0.316 e. The lowest BCUT2D eigenvalue weighted by Crippen LogP contribution is -2.24. The molecule has 6 heteroatoms. The normalized spacial score (nSPS) is 11.4. The van der Waals surface area contributed by atoms with Gasteiger partial charge in [-0.1, -0.05) is 23.4 Å². The van der Waals surface area contributed by atoms with Crippen molar-refractivity contribution < 1.29 is 9.53 Å². The Bertz CT molecular complexity index is 398. The number of esters is 1. The Labute approximate surface area is 110 Å². The summed E-state index contributed by atoms with van der Waals surface area (Å²) in [6.07, 6.45) is 0. The average molecular weight is 275 g/mol. The minimum absolute atomic E-state index is 0.212. The summed E-state index contributed by atoms with van der Waals surface area (Å²) in [6.45, 7) is 7.26. The minimum Gasteiger partial charge on any atom is -0.459 e. The SMILES string of the molecule is Cc1nc(Cl)cc(SCC(=O)OC(C)(C)C)n1. The van der Waals surface area contributed by atoms with Crippen LogP contribution in [0, 0.1) is 6.92 Å². The lowest BCUT2D eigenvalue weighted by Gasteiger charge is -2.19. The highest BCUT2D eigenvalue weighted by Gasteiger charge is 2.16. The quantitative estimate of drug-likeness (QED) is 0.482. The van der Waals surface area contributed by atoms with E-state index >= 15 is 0 Å². The molecule has 0 bridgehead atoms. The summed E-state index contributed by atoms with van der Waals surface area (Å²) in [5, 5.41) is 1.05. The molecule has 4 nitrogen and oxygen atoms in total. The van der Waals surface area contributed by atoms with Crippen LogP contribution in [0.15, 0.2) is 11.1 Å². The molecule has 1 heterocycles. The maximum absolute atomic E-state index is 11.5.